The SMILES string of the molecule is CC(C)Oc1ccc(-c2noc(Nc3ncccc3N(C)C)n2)nc1. The fourth-order valence-corrected chi connectivity index (χ4v) is 2.19. The van der Waals surface area contributed by atoms with Crippen LogP contribution in [0.25, 0.3) is 11.5 Å². The molecule has 3 rings (SSSR count). The minimum atomic E-state index is 0.0953. The molecule has 0 saturated carbocycles. The van der Waals surface area contributed by atoms with E-state index in [0.29, 0.717) is 23.1 Å². The lowest BCUT2D eigenvalue weighted by Gasteiger charge is -2.15. The van der Waals surface area contributed by atoms with Gasteiger partial charge in [-0.2, -0.15) is 4.98 Å². The monoisotopic (exact) mass is 340 g/mol. The normalized spacial score (nSPS) is 10.8. The van der Waals surface area contributed by atoms with Crippen LogP contribution in [-0.4, -0.2) is 40.3 Å². The van der Waals surface area contributed by atoms with Crippen LogP contribution in [0, 0.1) is 0 Å². The van der Waals surface area contributed by atoms with Gasteiger partial charge in [0.15, 0.2) is 5.82 Å². The third-order valence-electron chi connectivity index (χ3n) is 3.26. The van der Waals surface area contributed by atoms with Crippen molar-refractivity contribution in [3.63, 3.8) is 0 Å². The summed E-state index contributed by atoms with van der Waals surface area (Å²) in [5.41, 5.74) is 1.51. The second kappa shape index (κ2) is 7.16. The first-order chi connectivity index (χ1) is 12.0. The maximum absolute atomic E-state index is 5.57. The lowest BCUT2D eigenvalue weighted by atomic mass is 10.3. The van der Waals surface area contributed by atoms with E-state index < -0.39 is 0 Å². The van der Waals surface area contributed by atoms with Crippen molar-refractivity contribution in [2.75, 3.05) is 24.3 Å². The van der Waals surface area contributed by atoms with Gasteiger partial charge in [0.25, 0.3) is 0 Å². The molecule has 130 valence electrons. The second-order valence-electron chi connectivity index (χ2n) is 5.86. The molecule has 0 fully saturated rings. The van der Waals surface area contributed by atoms with Crippen molar-refractivity contribution >= 4 is 17.5 Å². The minimum Gasteiger partial charge on any atom is -0.489 e. The molecule has 0 bridgehead atoms. The number of anilines is 3. The number of hydrogen-bond donors (Lipinski definition) is 1. The maximum atomic E-state index is 5.57. The summed E-state index contributed by atoms with van der Waals surface area (Å²) in [6.45, 7) is 3.93. The first-order valence-corrected chi connectivity index (χ1v) is 7.89. The van der Waals surface area contributed by atoms with Crippen LogP contribution in [0.3, 0.4) is 0 Å². The van der Waals surface area contributed by atoms with Gasteiger partial charge in [0.1, 0.15) is 11.4 Å². The standard InChI is InChI=1S/C17H20N6O2/c1-11(2)24-12-7-8-13(19-10-12)15-20-17(25-22-15)21-16-14(23(3)4)6-5-9-18-16/h5-11H,1-4H3,(H,18,20,21,22). The third-order valence-corrected chi connectivity index (χ3v) is 3.26. The first-order valence-electron chi connectivity index (χ1n) is 7.89. The third kappa shape index (κ3) is 4.03. The molecule has 3 heterocycles. The molecule has 1 N–H and O–H groups in total. The highest BCUT2D eigenvalue weighted by Gasteiger charge is 2.13. The van der Waals surface area contributed by atoms with Gasteiger partial charge in [-0.05, 0) is 38.1 Å². The predicted octanol–water partition coefficient (Wildman–Crippen LogP) is 3.12. The van der Waals surface area contributed by atoms with E-state index >= 15 is 0 Å². The molecule has 0 saturated heterocycles. The number of nitrogens with zero attached hydrogens (tertiary/aromatic N) is 5. The molecule has 0 atom stereocenters. The minimum absolute atomic E-state index is 0.0953. The highest BCUT2D eigenvalue weighted by molar-refractivity contribution is 5.68. The van der Waals surface area contributed by atoms with Gasteiger partial charge in [0.05, 0.1) is 18.0 Å². The zero-order chi connectivity index (χ0) is 17.8. The Morgan fingerprint density at radius 2 is 2.00 bits per heavy atom. The molecular weight excluding hydrogens is 320 g/mol. The highest BCUT2D eigenvalue weighted by Crippen LogP contribution is 2.25. The van der Waals surface area contributed by atoms with E-state index in [1.54, 1.807) is 18.5 Å². The number of rotatable bonds is 6. The van der Waals surface area contributed by atoms with Crippen LogP contribution in [0.5, 0.6) is 5.75 Å². The molecular formula is C17H20N6O2. The van der Waals surface area contributed by atoms with Gasteiger partial charge in [-0.3, -0.25) is 5.32 Å². The Bertz CT molecular complexity index is 829. The van der Waals surface area contributed by atoms with Gasteiger partial charge in [-0.15, -0.1) is 0 Å². The highest BCUT2D eigenvalue weighted by atomic mass is 16.5. The number of ether oxygens (including phenoxy) is 1. The summed E-state index contributed by atoms with van der Waals surface area (Å²) in [6.07, 6.45) is 3.43. The van der Waals surface area contributed by atoms with E-state index in [1.165, 1.54) is 0 Å². The van der Waals surface area contributed by atoms with E-state index in [-0.39, 0.29) is 12.1 Å². The van der Waals surface area contributed by atoms with E-state index in [2.05, 4.69) is 25.4 Å². The Morgan fingerprint density at radius 1 is 1.16 bits per heavy atom. The summed E-state index contributed by atoms with van der Waals surface area (Å²) >= 11 is 0. The van der Waals surface area contributed by atoms with Gasteiger partial charge in [0, 0.05) is 20.3 Å². The molecule has 0 aromatic carbocycles. The van der Waals surface area contributed by atoms with Crippen LogP contribution in [0.4, 0.5) is 17.5 Å². The molecule has 0 aliphatic rings. The van der Waals surface area contributed by atoms with Crippen molar-refractivity contribution in [1.82, 2.24) is 20.1 Å². The Balaban J connectivity index is 1.77. The van der Waals surface area contributed by atoms with Crippen molar-refractivity contribution in [3.8, 4) is 17.3 Å². The summed E-state index contributed by atoms with van der Waals surface area (Å²) in [7, 11) is 3.87. The van der Waals surface area contributed by atoms with Crippen LogP contribution in [0.1, 0.15) is 13.8 Å². The van der Waals surface area contributed by atoms with Gasteiger partial charge in [-0.1, -0.05) is 5.16 Å². The van der Waals surface area contributed by atoms with Crippen LogP contribution >= 0.6 is 0 Å². The van der Waals surface area contributed by atoms with E-state index in [1.807, 2.05) is 51.0 Å². The summed E-state index contributed by atoms with van der Waals surface area (Å²) in [6, 6.07) is 7.68. The molecule has 25 heavy (non-hydrogen) atoms. The van der Waals surface area contributed by atoms with Crippen LogP contribution in [-0.2, 0) is 0 Å². The van der Waals surface area contributed by atoms with Gasteiger partial charge >= 0.3 is 6.01 Å². The van der Waals surface area contributed by atoms with Crippen molar-refractivity contribution in [2.24, 2.45) is 0 Å². The van der Waals surface area contributed by atoms with Crippen molar-refractivity contribution in [2.45, 2.75) is 20.0 Å². The molecule has 0 amide bonds. The van der Waals surface area contributed by atoms with Gasteiger partial charge < -0.3 is 14.2 Å². The number of aromatic nitrogens is 4. The van der Waals surface area contributed by atoms with Gasteiger partial charge in [0.2, 0.25) is 5.82 Å². The molecule has 0 aliphatic carbocycles. The average molecular weight is 340 g/mol. The smallest absolute Gasteiger partial charge is 0.327 e. The van der Waals surface area contributed by atoms with E-state index in [9.17, 15) is 0 Å². The quantitative estimate of drug-likeness (QED) is 0.732. The molecule has 0 radical (unpaired) electrons. The van der Waals surface area contributed by atoms with Crippen LogP contribution in [0.2, 0.25) is 0 Å². The van der Waals surface area contributed by atoms with E-state index in [0.717, 1.165) is 5.69 Å². The Labute approximate surface area is 145 Å². The first kappa shape index (κ1) is 16.7. The maximum Gasteiger partial charge on any atom is 0.327 e. The summed E-state index contributed by atoms with van der Waals surface area (Å²) < 4.78 is 10.8. The number of pyridine rings is 2. The second-order valence-corrected chi connectivity index (χ2v) is 5.86. The number of hydrogen-bond acceptors (Lipinski definition) is 8. The fourth-order valence-electron chi connectivity index (χ4n) is 2.19. The molecule has 0 spiro atoms. The van der Waals surface area contributed by atoms with E-state index in [4.69, 9.17) is 9.26 Å². The Hall–Kier alpha value is -3.16. The lowest BCUT2D eigenvalue weighted by Crippen LogP contribution is -2.11. The summed E-state index contributed by atoms with van der Waals surface area (Å²) in [5.74, 6) is 1.72. The Morgan fingerprint density at radius 3 is 2.68 bits per heavy atom. The largest absolute Gasteiger partial charge is 0.489 e. The van der Waals surface area contributed by atoms with Crippen molar-refractivity contribution < 1.29 is 9.26 Å². The van der Waals surface area contributed by atoms with Crippen molar-refractivity contribution in [1.29, 1.82) is 0 Å². The molecule has 8 nitrogen and oxygen atoms in total. The zero-order valence-corrected chi connectivity index (χ0v) is 14.6. The van der Waals surface area contributed by atoms with Crippen LogP contribution < -0.4 is 15.0 Å². The summed E-state index contributed by atoms with van der Waals surface area (Å²) in [4.78, 5) is 14.9. The summed E-state index contributed by atoms with van der Waals surface area (Å²) in [5, 5.41) is 6.99. The van der Waals surface area contributed by atoms with Crippen LogP contribution in [0.15, 0.2) is 41.2 Å². The molecule has 0 unspecified atom stereocenters. The zero-order valence-electron chi connectivity index (χ0n) is 14.6. The molecule has 3 aromatic rings. The Kier molecular flexibility index (Phi) is 4.78. The average Bonchev–Trinajstić information content (AvgIpc) is 3.04. The van der Waals surface area contributed by atoms with Gasteiger partial charge in [-0.25, -0.2) is 9.97 Å². The van der Waals surface area contributed by atoms with Crippen molar-refractivity contribution in [3.05, 3.63) is 36.7 Å². The molecule has 3 aromatic heterocycles. The molecule has 8 heteroatoms. The lowest BCUT2D eigenvalue weighted by molar-refractivity contribution is 0.241. The number of nitrogens with one attached hydrogen (secondary N) is 1. The molecule has 0 aliphatic heterocycles. The topological polar surface area (TPSA) is 89.2 Å². The predicted molar refractivity (Wildman–Crippen MR) is 95.1 cm³/mol. The fraction of sp³-hybridized carbons (Fsp3) is 0.294.